The molecule has 2 N–H and O–H groups in total. The Morgan fingerprint density at radius 3 is 2.18 bits per heavy atom. The van der Waals surface area contributed by atoms with Gasteiger partial charge in [-0.2, -0.15) is 10.5 Å². The molecule has 0 unspecified atom stereocenters. The molecule has 2 heterocycles. The molecule has 1 aliphatic rings. The van der Waals surface area contributed by atoms with Gasteiger partial charge in [-0.15, -0.1) is 11.3 Å². The molecule has 4 rings (SSSR count). The maximum Gasteiger partial charge on any atom is 0.274 e. The molecule has 0 spiro atoms. The molecule has 5 nitrogen and oxygen atoms in total. The second kappa shape index (κ2) is 7.03. The second-order valence-corrected chi connectivity index (χ2v) is 7.28. The van der Waals surface area contributed by atoms with Gasteiger partial charge in [-0.05, 0) is 17.2 Å². The number of aromatic nitrogens is 1. The first kappa shape index (κ1) is 17.5. The predicted octanol–water partition coefficient (Wildman–Crippen LogP) is 1.86. The lowest BCUT2D eigenvalue weighted by molar-refractivity contribution is 0.906. The maximum absolute atomic E-state index is 13.0. The fourth-order valence-electron chi connectivity index (χ4n) is 3.33. The molecule has 0 saturated carbocycles. The first-order valence-corrected chi connectivity index (χ1v) is 9.35. The van der Waals surface area contributed by atoms with Gasteiger partial charge in [0, 0.05) is 0 Å². The third kappa shape index (κ3) is 2.73. The van der Waals surface area contributed by atoms with E-state index in [1.54, 1.807) is 6.08 Å². The highest BCUT2D eigenvalue weighted by Crippen LogP contribution is 2.35. The number of rotatable bonds is 2. The summed E-state index contributed by atoms with van der Waals surface area (Å²) < 4.78 is 2.22. The smallest absolute Gasteiger partial charge is 0.274 e. The van der Waals surface area contributed by atoms with Crippen molar-refractivity contribution in [3.05, 3.63) is 96.9 Å². The van der Waals surface area contributed by atoms with Crippen LogP contribution in [0.3, 0.4) is 0 Å². The Hall–Kier alpha value is -3.87. The molecule has 1 aromatic heterocycles. The monoisotopic (exact) mass is 382 g/mol. The van der Waals surface area contributed by atoms with E-state index in [0.717, 1.165) is 11.1 Å². The zero-order valence-electron chi connectivity index (χ0n) is 14.7. The molecule has 0 amide bonds. The Kier molecular flexibility index (Phi) is 4.41. The molecule has 28 heavy (non-hydrogen) atoms. The molecule has 3 aromatic rings. The third-order valence-corrected chi connectivity index (χ3v) is 5.73. The molecule has 6 heteroatoms. The van der Waals surface area contributed by atoms with Crippen LogP contribution < -0.4 is 20.5 Å². The van der Waals surface area contributed by atoms with E-state index in [4.69, 9.17) is 5.73 Å². The van der Waals surface area contributed by atoms with Crippen molar-refractivity contribution >= 4 is 28.8 Å². The Balaban J connectivity index is 2.08. The molecule has 2 aromatic carbocycles. The van der Waals surface area contributed by atoms with Gasteiger partial charge >= 0.3 is 0 Å². The Bertz CT molecular complexity index is 1350. The van der Waals surface area contributed by atoms with Crippen molar-refractivity contribution < 1.29 is 0 Å². The van der Waals surface area contributed by atoms with Crippen molar-refractivity contribution in [1.29, 1.82) is 10.5 Å². The lowest BCUT2D eigenvalue weighted by Crippen LogP contribution is -2.38. The van der Waals surface area contributed by atoms with Crippen LogP contribution >= 0.6 is 11.3 Å². The average molecular weight is 382 g/mol. The van der Waals surface area contributed by atoms with Gasteiger partial charge in [0.1, 0.15) is 10.5 Å². The minimum atomic E-state index is -0.584. The molecular formula is C22H14N4OS. The van der Waals surface area contributed by atoms with Crippen molar-refractivity contribution in [1.82, 2.24) is 4.57 Å². The van der Waals surface area contributed by atoms with Gasteiger partial charge in [0.25, 0.3) is 5.56 Å². The number of hydrogen-bond donors (Lipinski definition) is 1. The zero-order chi connectivity index (χ0) is 19.7. The number of nitrogens with two attached hydrogens (primary N) is 1. The number of thiazole rings is 1. The highest BCUT2D eigenvalue weighted by atomic mass is 32.1. The van der Waals surface area contributed by atoms with E-state index in [2.05, 4.69) is 12.1 Å². The fourth-order valence-corrected chi connectivity index (χ4v) is 4.46. The van der Waals surface area contributed by atoms with Crippen LogP contribution in [0.15, 0.2) is 71.0 Å². The standard InChI is InChI=1S/C22H14N4OS/c23-12-16-19(15-9-5-2-6-10-15)17(13-24)22-26(20(16)25)21(27)18(28-22)11-14-7-3-1-4-8-14/h1-11,19H,25H2/b18-11-/t19-/m1/s1. The summed E-state index contributed by atoms with van der Waals surface area (Å²) >= 11 is 1.22. The van der Waals surface area contributed by atoms with Crippen LogP contribution in [0.1, 0.15) is 17.0 Å². The summed E-state index contributed by atoms with van der Waals surface area (Å²) in [7, 11) is 0. The van der Waals surface area contributed by atoms with E-state index >= 15 is 0 Å². The maximum atomic E-state index is 13.0. The van der Waals surface area contributed by atoms with E-state index < -0.39 is 5.92 Å². The SMILES string of the molecule is N#CC1=C(N)n2c(s/c(=C\c3ccccc3)c2=O)=C(C#N)[C@@H]1c1ccccc1. The highest BCUT2D eigenvalue weighted by Gasteiger charge is 2.31. The summed E-state index contributed by atoms with van der Waals surface area (Å²) in [5, 5.41) is 19.6. The van der Waals surface area contributed by atoms with Crippen LogP contribution in [0.25, 0.3) is 17.5 Å². The summed E-state index contributed by atoms with van der Waals surface area (Å²) in [6.45, 7) is 0. The summed E-state index contributed by atoms with van der Waals surface area (Å²) in [4.78, 5) is 13.0. The minimum Gasteiger partial charge on any atom is -0.384 e. The molecule has 1 aliphatic heterocycles. The number of nitriles is 2. The number of allylic oxidation sites excluding steroid dienone is 1. The minimum absolute atomic E-state index is 0.0827. The summed E-state index contributed by atoms with van der Waals surface area (Å²) in [6.07, 6.45) is 1.77. The van der Waals surface area contributed by atoms with E-state index in [-0.39, 0.29) is 17.0 Å². The molecule has 1 atom stereocenters. The lowest BCUT2D eigenvalue weighted by Gasteiger charge is -2.22. The molecule has 0 radical (unpaired) electrons. The molecule has 0 bridgehead atoms. The third-order valence-electron chi connectivity index (χ3n) is 4.62. The number of nitrogens with zero attached hydrogens (tertiary/aromatic N) is 3. The summed E-state index contributed by atoms with van der Waals surface area (Å²) in [5.41, 5.74) is 8.15. The van der Waals surface area contributed by atoms with Crippen LogP contribution in [0, 0.1) is 22.7 Å². The van der Waals surface area contributed by atoms with Gasteiger partial charge in [0.05, 0.1) is 33.7 Å². The lowest BCUT2D eigenvalue weighted by atomic mass is 9.84. The number of hydrogen-bond acceptors (Lipinski definition) is 5. The number of benzene rings is 2. The van der Waals surface area contributed by atoms with Crippen LogP contribution in [0.4, 0.5) is 0 Å². The Morgan fingerprint density at radius 2 is 1.57 bits per heavy atom. The average Bonchev–Trinajstić information content (AvgIpc) is 3.05. The van der Waals surface area contributed by atoms with Crippen molar-refractivity contribution in [2.45, 2.75) is 5.92 Å². The van der Waals surface area contributed by atoms with Crippen LogP contribution in [0.2, 0.25) is 0 Å². The van der Waals surface area contributed by atoms with Gasteiger partial charge in [-0.1, -0.05) is 60.7 Å². The predicted molar refractivity (Wildman–Crippen MR) is 109 cm³/mol. The summed E-state index contributed by atoms with van der Waals surface area (Å²) in [6, 6.07) is 23.0. The topological polar surface area (TPSA) is 95.6 Å². The first-order valence-electron chi connectivity index (χ1n) is 8.53. The van der Waals surface area contributed by atoms with Crippen LogP contribution in [-0.4, -0.2) is 4.57 Å². The van der Waals surface area contributed by atoms with Gasteiger partial charge in [-0.25, -0.2) is 0 Å². The van der Waals surface area contributed by atoms with Crippen molar-refractivity contribution in [2.75, 3.05) is 0 Å². The van der Waals surface area contributed by atoms with Gasteiger partial charge in [0.2, 0.25) is 0 Å². The summed E-state index contributed by atoms with van der Waals surface area (Å²) in [5.74, 6) is -0.502. The quantitative estimate of drug-likeness (QED) is 0.732. The Morgan fingerprint density at radius 1 is 0.964 bits per heavy atom. The van der Waals surface area contributed by atoms with Crippen molar-refractivity contribution in [3.8, 4) is 12.1 Å². The zero-order valence-corrected chi connectivity index (χ0v) is 15.5. The number of fused-ring (bicyclic) bond motifs is 1. The van der Waals surface area contributed by atoms with E-state index in [1.807, 2.05) is 60.7 Å². The van der Waals surface area contributed by atoms with Gasteiger partial charge < -0.3 is 5.73 Å². The molecule has 0 aliphatic carbocycles. The Labute approximate surface area is 164 Å². The molecular weight excluding hydrogens is 368 g/mol. The highest BCUT2D eigenvalue weighted by molar-refractivity contribution is 7.07. The molecule has 134 valence electrons. The van der Waals surface area contributed by atoms with Crippen LogP contribution in [-0.2, 0) is 0 Å². The second-order valence-electron chi connectivity index (χ2n) is 6.25. The van der Waals surface area contributed by atoms with Gasteiger partial charge in [0.15, 0.2) is 0 Å². The van der Waals surface area contributed by atoms with Crippen LogP contribution in [0.5, 0.6) is 0 Å². The van der Waals surface area contributed by atoms with Gasteiger partial charge in [-0.3, -0.25) is 9.36 Å². The van der Waals surface area contributed by atoms with Crippen molar-refractivity contribution in [3.63, 3.8) is 0 Å². The van der Waals surface area contributed by atoms with E-state index in [9.17, 15) is 15.3 Å². The van der Waals surface area contributed by atoms with E-state index in [0.29, 0.717) is 14.8 Å². The molecule has 0 saturated heterocycles. The van der Waals surface area contributed by atoms with E-state index in [1.165, 1.54) is 15.9 Å². The fraction of sp³-hybridized carbons (Fsp3) is 0.0455. The molecule has 0 fully saturated rings. The van der Waals surface area contributed by atoms with Crippen molar-refractivity contribution in [2.24, 2.45) is 5.73 Å². The normalized spacial score (nSPS) is 16.4. The first-order chi connectivity index (χ1) is 13.7. The largest absolute Gasteiger partial charge is 0.384 e.